The summed E-state index contributed by atoms with van der Waals surface area (Å²) < 4.78 is 0. The summed E-state index contributed by atoms with van der Waals surface area (Å²) in [6.45, 7) is 4.65. The van der Waals surface area contributed by atoms with Gasteiger partial charge in [-0.25, -0.2) is 15.0 Å². The molecule has 3 heteroatoms. The highest BCUT2D eigenvalue weighted by Gasteiger charge is 2.54. The van der Waals surface area contributed by atoms with Crippen molar-refractivity contribution in [2.75, 3.05) is 0 Å². The van der Waals surface area contributed by atoms with Crippen molar-refractivity contribution in [1.29, 1.82) is 0 Å². The molecule has 252 valence electrons. The van der Waals surface area contributed by atoms with Gasteiger partial charge >= 0.3 is 0 Å². The summed E-state index contributed by atoms with van der Waals surface area (Å²) in [7, 11) is 0. The van der Waals surface area contributed by atoms with Crippen molar-refractivity contribution in [2.45, 2.75) is 38.0 Å². The minimum absolute atomic E-state index is 0.408. The van der Waals surface area contributed by atoms with E-state index >= 15 is 0 Å². The lowest BCUT2D eigenvalue weighted by Gasteiger charge is -2.33. The van der Waals surface area contributed by atoms with E-state index in [2.05, 4.69) is 159 Å². The van der Waals surface area contributed by atoms with Gasteiger partial charge in [0.15, 0.2) is 17.5 Å². The van der Waals surface area contributed by atoms with Gasteiger partial charge < -0.3 is 0 Å². The van der Waals surface area contributed by atoms with E-state index in [9.17, 15) is 0 Å². The molecular formula is C50H37N3. The first-order chi connectivity index (χ1) is 26.1. The standard InChI is InChI=1S/C50H37N3/c1-30-26-28-33(29-27-30)48-51-47(32-15-4-3-5-16-32)52-49(53-48)39-22-13-25-42-44(39)37-19-8-10-23-40(37)50(42)41-24-11-9-20-38(41)45-43-31(2)14-12-21-35(43)34-17-6-7-18-36(34)46(45)50/h3-13,15-26,28-31H,14,27H2,1-2H3/t30-,31?,50?/m1/s1. The van der Waals surface area contributed by atoms with Gasteiger partial charge in [-0.1, -0.05) is 166 Å². The third kappa shape index (κ3) is 4.19. The van der Waals surface area contributed by atoms with E-state index in [1.807, 2.05) is 6.07 Å². The van der Waals surface area contributed by atoms with Crippen LogP contribution in [0.15, 0.2) is 146 Å². The number of nitrogens with zero attached hydrogens (tertiary/aromatic N) is 3. The minimum atomic E-state index is -0.508. The second-order valence-electron chi connectivity index (χ2n) is 15.1. The maximum absolute atomic E-state index is 5.30. The molecule has 1 aromatic heterocycles. The fraction of sp³-hybridized carbons (Fsp3) is 0.140. The highest BCUT2D eigenvalue weighted by Crippen LogP contribution is 2.66. The highest BCUT2D eigenvalue weighted by atomic mass is 15.0. The lowest BCUT2D eigenvalue weighted by molar-refractivity contribution is 0.738. The molecule has 2 unspecified atom stereocenters. The van der Waals surface area contributed by atoms with Crippen molar-refractivity contribution in [3.05, 3.63) is 185 Å². The molecule has 0 radical (unpaired) electrons. The molecule has 1 spiro atoms. The summed E-state index contributed by atoms with van der Waals surface area (Å²) in [6.07, 6.45) is 13.5. The normalized spacial score (nSPS) is 20.2. The number of allylic oxidation sites excluding steroid dienone is 5. The smallest absolute Gasteiger partial charge is 0.164 e. The third-order valence-corrected chi connectivity index (χ3v) is 12.1. The van der Waals surface area contributed by atoms with Crippen LogP contribution in [0.5, 0.6) is 0 Å². The van der Waals surface area contributed by atoms with Crippen LogP contribution in [0.3, 0.4) is 0 Å². The Morgan fingerprint density at radius 1 is 0.547 bits per heavy atom. The van der Waals surface area contributed by atoms with Crippen molar-refractivity contribution < 1.29 is 0 Å². The molecule has 4 aliphatic rings. The van der Waals surface area contributed by atoms with Crippen molar-refractivity contribution >= 4 is 22.4 Å². The average Bonchev–Trinajstić information content (AvgIpc) is 3.69. The number of hydrogen-bond donors (Lipinski definition) is 0. The van der Waals surface area contributed by atoms with E-state index in [0.29, 0.717) is 29.3 Å². The van der Waals surface area contributed by atoms with E-state index < -0.39 is 5.41 Å². The van der Waals surface area contributed by atoms with E-state index in [-0.39, 0.29) is 0 Å². The monoisotopic (exact) mass is 679 g/mol. The van der Waals surface area contributed by atoms with Crippen LogP contribution in [0, 0.1) is 5.92 Å². The largest absolute Gasteiger partial charge is 0.208 e. The minimum Gasteiger partial charge on any atom is -0.208 e. The van der Waals surface area contributed by atoms with E-state index in [4.69, 9.17) is 15.0 Å². The van der Waals surface area contributed by atoms with Gasteiger partial charge in [-0.05, 0) is 91.1 Å². The zero-order valence-corrected chi connectivity index (χ0v) is 29.8. The van der Waals surface area contributed by atoms with Gasteiger partial charge in [0.25, 0.3) is 0 Å². The highest BCUT2D eigenvalue weighted by molar-refractivity contribution is 6.09. The molecule has 6 aromatic carbocycles. The van der Waals surface area contributed by atoms with Crippen LogP contribution in [-0.4, -0.2) is 15.0 Å². The Balaban J connectivity index is 1.25. The average molecular weight is 680 g/mol. The second kappa shape index (κ2) is 11.4. The van der Waals surface area contributed by atoms with Gasteiger partial charge in [0, 0.05) is 16.7 Å². The quantitative estimate of drug-likeness (QED) is 0.187. The maximum atomic E-state index is 5.30. The first-order valence-electron chi connectivity index (χ1n) is 18.9. The Labute approximate surface area is 310 Å². The fourth-order valence-corrected chi connectivity index (χ4v) is 9.83. The van der Waals surface area contributed by atoms with Crippen LogP contribution in [0.25, 0.3) is 67.5 Å². The topological polar surface area (TPSA) is 38.7 Å². The predicted octanol–water partition coefficient (Wildman–Crippen LogP) is 12.2. The molecule has 4 aliphatic carbocycles. The van der Waals surface area contributed by atoms with Gasteiger partial charge in [0.2, 0.25) is 0 Å². The molecular weight excluding hydrogens is 643 g/mol. The molecule has 0 N–H and O–H groups in total. The molecule has 0 amide bonds. The molecule has 7 aromatic rings. The Morgan fingerprint density at radius 3 is 1.96 bits per heavy atom. The SMILES string of the molecule is CC1CC=Cc2c1c1c(c3ccccc23)C2(c3ccccc3-c3c(-c4nc(C5=CC[C@H](C)C=C5)nc(-c5ccccc5)n4)cccc32)c2ccccc2-1. The van der Waals surface area contributed by atoms with Crippen molar-refractivity contribution in [2.24, 2.45) is 5.92 Å². The lowest BCUT2D eigenvalue weighted by atomic mass is 9.68. The van der Waals surface area contributed by atoms with Crippen LogP contribution >= 0.6 is 0 Å². The van der Waals surface area contributed by atoms with Gasteiger partial charge in [0.05, 0.1) is 5.41 Å². The molecule has 53 heavy (non-hydrogen) atoms. The molecule has 3 atom stereocenters. The van der Waals surface area contributed by atoms with Crippen LogP contribution in [-0.2, 0) is 5.41 Å². The molecule has 0 fully saturated rings. The summed E-state index contributed by atoms with van der Waals surface area (Å²) in [6, 6.07) is 44.5. The molecule has 1 heterocycles. The number of fused-ring (bicyclic) bond motifs is 15. The lowest BCUT2D eigenvalue weighted by Crippen LogP contribution is -2.26. The Kier molecular flexibility index (Phi) is 6.55. The Hall–Kier alpha value is -6.19. The summed E-state index contributed by atoms with van der Waals surface area (Å²) >= 11 is 0. The number of rotatable bonds is 3. The number of hydrogen-bond acceptors (Lipinski definition) is 3. The fourth-order valence-electron chi connectivity index (χ4n) is 9.83. The number of aromatic nitrogens is 3. The summed E-state index contributed by atoms with van der Waals surface area (Å²) in [5.41, 5.74) is 16.0. The first kappa shape index (κ1) is 30.4. The molecule has 3 nitrogen and oxygen atoms in total. The van der Waals surface area contributed by atoms with E-state index in [1.165, 1.54) is 66.4 Å². The van der Waals surface area contributed by atoms with Crippen molar-refractivity contribution in [3.63, 3.8) is 0 Å². The van der Waals surface area contributed by atoms with Gasteiger partial charge in [-0.2, -0.15) is 0 Å². The second-order valence-corrected chi connectivity index (χ2v) is 15.1. The molecule has 0 saturated heterocycles. The molecule has 11 rings (SSSR count). The van der Waals surface area contributed by atoms with Crippen LogP contribution in [0.2, 0.25) is 0 Å². The van der Waals surface area contributed by atoms with Crippen molar-refractivity contribution in [3.8, 4) is 45.0 Å². The van der Waals surface area contributed by atoms with E-state index in [1.54, 1.807) is 0 Å². The maximum Gasteiger partial charge on any atom is 0.164 e. The Bertz CT molecular complexity index is 2770. The van der Waals surface area contributed by atoms with Crippen LogP contribution < -0.4 is 0 Å². The van der Waals surface area contributed by atoms with Gasteiger partial charge in [-0.15, -0.1) is 0 Å². The number of benzene rings is 6. The summed E-state index contributed by atoms with van der Waals surface area (Å²) in [4.78, 5) is 15.7. The Morgan fingerprint density at radius 2 is 1.19 bits per heavy atom. The zero-order chi connectivity index (χ0) is 35.3. The first-order valence-corrected chi connectivity index (χ1v) is 18.9. The van der Waals surface area contributed by atoms with Crippen LogP contribution in [0.1, 0.15) is 71.8 Å². The van der Waals surface area contributed by atoms with Crippen molar-refractivity contribution in [1.82, 2.24) is 15.0 Å². The third-order valence-electron chi connectivity index (χ3n) is 12.1. The summed E-state index contributed by atoms with van der Waals surface area (Å²) in [5.74, 6) is 3.01. The molecule has 0 saturated carbocycles. The molecule has 0 bridgehead atoms. The van der Waals surface area contributed by atoms with Crippen LogP contribution in [0.4, 0.5) is 0 Å². The van der Waals surface area contributed by atoms with Gasteiger partial charge in [0.1, 0.15) is 0 Å². The molecule has 0 aliphatic heterocycles. The summed E-state index contributed by atoms with van der Waals surface area (Å²) in [5, 5.41) is 2.65. The van der Waals surface area contributed by atoms with E-state index in [0.717, 1.165) is 29.5 Å². The zero-order valence-electron chi connectivity index (χ0n) is 29.8. The van der Waals surface area contributed by atoms with Gasteiger partial charge in [-0.3, -0.25) is 0 Å². The predicted molar refractivity (Wildman–Crippen MR) is 217 cm³/mol.